The molecule has 4 rings (SSSR count). The largest absolute Gasteiger partial charge is 0.464 e. The Labute approximate surface area is 192 Å². The molecule has 0 aliphatic carbocycles. The van der Waals surface area contributed by atoms with E-state index < -0.39 is 0 Å². The average molecular weight is 474 g/mol. The highest BCUT2D eigenvalue weighted by Crippen LogP contribution is 2.34. The Hall–Kier alpha value is -2.55. The summed E-state index contributed by atoms with van der Waals surface area (Å²) in [4.78, 5) is 33.5. The summed E-state index contributed by atoms with van der Waals surface area (Å²) >= 11 is 8.97. The third-order valence-electron chi connectivity index (χ3n) is 4.82. The summed E-state index contributed by atoms with van der Waals surface area (Å²) < 4.78 is 5.43. The molecule has 0 fully saturated rings. The van der Waals surface area contributed by atoms with Gasteiger partial charge >= 0.3 is 0 Å². The van der Waals surface area contributed by atoms with Crippen LogP contribution in [0.4, 0.5) is 0 Å². The van der Waals surface area contributed by atoms with Crippen LogP contribution in [0.5, 0.6) is 0 Å². The number of amides is 1. The van der Waals surface area contributed by atoms with Crippen molar-refractivity contribution in [2.24, 2.45) is 0 Å². The minimum absolute atomic E-state index is 0.101. The highest BCUT2D eigenvalue weighted by molar-refractivity contribution is 8.00. The van der Waals surface area contributed by atoms with E-state index in [0.717, 1.165) is 11.1 Å². The lowest BCUT2D eigenvalue weighted by Gasteiger charge is -2.17. The number of nitrogens with one attached hydrogen (secondary N) is 2. The van der Waals surface area contributed by atoms with E-state index in [9.17, 15) is 9.59 Å². The predicted octanol–water partition coefficient (Wildman–Crippen LogP) is 5.40. The molecule has 9 heteroatoms. The minimum Gasteiger partial charge on any atom is -0.464 e. The topological polar surface area (TPSA) is 88.0 Å². The van der Waals surface area contributed by atoms with Crippen LogP contribution in [0.2, 0.25) is 5.02 Å². The van der Waals surface area contributed by atoms with Gasteiger partial charge in [-0.05, 0) is 37.6 Å². The number of aromatic amines is 1. The molecule has 0 bridgehead atoms. The first-order chi connectivity index (χ1) is 14.9. The van der Waals surface area contributed by atoms with Crippen molar-refractivity contribution in [1.29, 1.82) is 0 Å². The second-order valence-electron chi connectivity index (χ2n) is 6.99. The van der Waals surface area contributed by atoms with Crippen molar-refractivity contribution in [1.82, 2.24) is 15.3 Å². The van der Waals surface area contributed by atoms with E-state index in [1.165, 1.54) is 23.1 Å². The highest BCUT2D eigenvalue weighted by Gasteiger charge is 2.21. The van der Waals surface area contributed by atoms with Crippen molar-refractivity contribution in [3.8, 4) is 11.3 Å². The van der Waals surface area contributed by atoms with Crippen LogP contribution in [0.25, 0.3) is 21.5 Å². The fraction of sp³-hybridized carbons (Fsp3) is 0.227. The standard InChI is InChI=1S/C22H20ClN3O3S2/c1-12(31-13(2)20(27)24-10-14-6-3-4-7-16(14)23)19-25-21(28)18-15(11-30-22(18)26-19)17-8-5-9-29-17/h3-9,11-13H,10H2,1-2H3,(H,24,27)(H,25,26,28). The van der Waals surface area contributed by atoms with Crippen molar-refractivity contribution < 1.29 is 9.21 Å². The number of carbonyl (C=O) groups excluding carboxylic acids is 1. The number of furan rings is 1. The summed E-state index contributed by atoms with van der Waals surface area (Å²) in [5, 5.41) is 5.42. The molecule has 1 aromatic carbocycles. The minimum atomic E-state index is -0.333. The normalized spacial score (nSPS) is 13.3. The van der Waals surface area contributed by atoms with E-state index >= 15 is 0 Å². The van der Waals surface area contributed by atoms with Crippen LogP contribution in [0.3, 0.4) is 0 Å². The van der Waals surface area contributed by atoms with E-state index in [1.54, 1.807) is 18.4 Å². The number of H-pyrrole nitrogens is 1. The Kier molecular flexibility index (Phi) is 6.50. The van der Waals surface area contributed by atoms with E-state index in [-0.39, 0.29) is 22.0 Å². The van der Waals surface area contributed by atoms with Crippen molar-refractivity contribution in [2.75, 3.05) is 0 Å². The van der Waals surface area contributed by atoms with Gasteiger partial charge < -0.3 is 14.7 Å². The number of aromatic nitrogens is 2. The maximum absolute atomic E-state index is 12.8. The SMILES string of the molecule is CC(SC(C)c1nc2scc(-c3ccco3)c2c(=O)[nH]1)C(=O)NCc1ccccc1Cl. The molecule has 0 aliphatic rings. The van der Waals surface area contributed by atoms with Gasteiger partial charge in [-0.25, -0.2) is 4.98 Å². The lowest BCUT2D eigenvalue weighted by atomic mass is 10.2. The van der Waals surface area contributed by atoms with Crippen LogP contribution < -0.4 is 10.9 Å². The predicted molar refractivity (Wildman–Crippen MR) is 127 cm³/mol. The van der Waals surface area contributed by atoms with E-state index in [4.69, 9.17) is 16.0 Å². The number of carbonyl (C=O) groups is 1. The van der Waals surface area contributed by atoms with Gasteiger partial charge in [-0.15, -0.1) is 23.1 Å². The molecule has 0 saturated heterocycles. The highest BCUT2D eigenvalue weighted by atomic mass is 35.5. The zero-order valence-electron chi connectivity index (χ0n) is 16.8. The molecule has 0 spiro atoms. The van der Waals surface area contributed by atoms with Gasteiger partial charge in [0.05, 0.1) is 22.1 Å². The number of benzene rings is 1. The van der Waals surface area contributed by atoms with Crippen LogP contribution in [0.1, 0.15) is 30.5 Å². The van der Waals surface area contributed by atoms with Gasteiger partial charge in [0.25, 0.3) is 5.56 Å². The summed E-state index contributed by atoms with van der Waals surface area (Å²) in [5.74, 6) is 1.08. The lowest BCUT2D eigenvalue weighted by Crippen LogP contribution is -2.31. The number of thioether (sulfide) groups is 1. The van der Waals surface area contributed by atoms with Crippen LogP contribution in [0.15, 0.2) is 57.3 Å². The van der Waals surface area contributed by atoms with Gasteiger partial charge in [0, 0.05) is 22.5 Å². The van der Waals surface area contributed by atoms with Crippen molar-refractivity contribution in [3.63, 3.8) is 0 Å². The molecule has 31 heavy (non-hydrogen) atoms. The molecule has 2 N–H and O–H groups in total. The Morgan fingerprint density at radius 2 is 2.10 bits per heavy atom. The molecule has 0 radical (unpaired) electrons. The summed E-state index contributed by atoms with van der Waals surface area (Å²) in [6, 6.07) is 11.0. The first-order valence-corrected chi connectivity index (χ1v) is 11.9. The number of halogens is 1. The van der Waals surface area contributed by atoms with Gasteiger partial charge in [-0.1, -0.05) is 29.8 Å². The molecule has 0 saturated carbocycles. The Morgan fingerprint density at radius 1 is 1.29 bits per heavy atom. The van der Waals surface area contributed by atoms with E-state index in [2.05, 4.69) is 15.3 Å². The van der Waals surface area contributed by atoms with Gasteiger partial charge in [0.2, 0.25) is 5.91 Å². The molecular formula is C22H20ClN3O3S2. The molecule has 4 aromatic rings. The van der Waals surface area contributed by atoms with Crippen molar-refractivity contribution in [3.05, 3.63) is 74.8 Å². The monoisotopic (exact) mass is 473 g/mol. The van der Waals surface area contributed by atoms with Crippen molar-refractivity contribution >= 4 is 50.8 Å². The average Bonchev–Trinajstić information content (AvgIpc) is 3.42. The van der Waals surface area contributed by atoms with Crippen LogP contribution in [-0.2, 0) is 11.3 Å². The van der Waals surface area contributed by atoms with Gasteiger partial charge in [-0.2, -0.15) is 0 Å². The number of hydrogen-bond donors (Lipinski definition) is 2. The van der Waals surface area contributed by atoms with Gasteiger partial charge in [0.1, 0.15) is 16.4 Å². The van der Waals surface area contributed by atoms with E-state index in [0.29, 0.717) is 33.4 Å². The molecular weight excluding hydrogens is 454 g/mol. The summed E-state index contributed by atoms with van der Waals surface area (Å²) in [6.07, 6.45) is 1.58. The van der Waals surface area contributed by atoms with Crippen LogP contribution >= 0.6 is 34.7 Å². The zero-order chi connectivity index (χ0) is 22.0. The third kappa shape index (κ3) is 4.71. The summed E-state index contributed by atoms with van der Waals surface area (Å²) in [5.41, 5.74) is 1.39. The number of thiophene rings is 1. The zero-order valence-corrected chi connectivity index (χ0v) is 19.2. The second kappa shape index (κ2) is 9.30. The molecule has 160 valence electrons. The maximum Gasteiger partial charge on any atom is 0.260 e. The second-order valence-corrected chi connectivity index (χ2v) is 9.94. The van der Waals surface area contributed by atoms with Crippen molar-refractivity contribution in [2.45, 2.75) is 30.9 Å². The van der Waals surface area contributed by atoms with Crippen LogP contribution in [-0.4, -0.2) is 21.1 Å². The molecule has 2 atom stereocenters. The van der Waals surface area contributed by atoms with Gasteiger partial charge in [0.15, 0.2) is 0 Å². The fourth-order valence-electron chi connectivity index (χ4n) is 3.17. The fourth-order valence-corrected chi connectivity index (χ4v) is 5.37. The molecule has 3 heterocycles. The number of rotatable bonds is 7. The Bertz CT molecular complexity index is 1270. The number of hydrogen-bond acceptors (Lipinski definition) is 6. The Morgan fingerprint density at radius 3 is 2.84 bits per heavy atom. The Balaban J connectivity index is 1.45. The third-order valence-corrected chi connectivity index (χ3v) is 7.32. The summed E-state index contributed by atoms with van der Waals surface area (Å²) in [7, 11) is 0. The van der Waals surface area contributed by atoms with Crippen LogP contribution in [0, 0.1) is 0 Å². The number of fused-ring (bicyclic) bond motifs is 1. The quantitative estimate of drug-likeness (QED) is 0.375. The molecule has 2 unspecified atom stereocenters. The first kappa shape index (κ1) is 21.7. The lowest BCUT2D eigenvalue weighted by molar-refractivity contribution is -0.120. The maximum atomic E-state index is 12.8. The molecule has 0 aliphatic heterocycles. The van der Waals surface area contributed by atoms with E-state index in [1.807, 2.05) is 43.5 Å². The van der Waals surface area contributed by atoms with Gasteiger partial charge in [-0.3, -0.25) is 9.59 Å². The summed E-state index contributed by atoms with van der Waals surface area (Å²) in [6.45, 7) is 4.12. The smallest absolute Gasteiger partial charge is 0.260 e. The molecule has 3 aromatic heterocycles. The first-order valence-electron chi connectivity index (χ1n) is 9.66. The molecule has 6 nitrogen and oxygen atoms in total. The number of nitrogens with zero attached hydrogens (tertiary/aromatic N) is 1. The molecule has 1 amide bonds.